The van der Waals surface area contributed by atoms with Crippen molar-refractivity contribution in [2.75, 3.05) is 26.3 Å². The van der Waals surface area contributed by atoms with Crippen LogP contribution < -0.4 is 0 Å². The van der Waals surface area contributed by atoms with Gasteiger partial charge in [-0.2, -0.15) is 0 Å². The number of benzene rings is 1. The molecule has 5 heteroatoms. The van der Waals surface area contributed by atoms with Gasteiger partial charge < -0.3 is 9.64 Å². The van der Waals surface area contributed by atoms with Gasteiger partial charge in [-0.15, -0.1) is 0 Å². The van der Waals surface area contributed by atoms with Gasteiger partial charge in [0.15, 0.2) is 0 Å². The van der Waals surface area contributed by atoms with Crippen molar-refractivity contribution in [3.63, 3.8) is 0 Å². The van der Waals surface area contributed by atoms with Gasteiger partial charge in [0, 0.05) is 31.3 Å². The zero-order valence-corrected chi connectivity index (χ0v) is 13.1. The summed E-state index contributed by atoms with van der Waals surface area (Å²) in [4.78, 5) is 18.6. The number of hydrogen-bond acceptors (Lipinski definition) is 3. The number of fused-ring (bicyclic) bond motifs is 1. The van der Waals surface area contributed by atoms with Crippen LogP contribution in [0.25, 0.3) is 10.8 Å². The van der Waals surface area contributed by atoms with E-state index in [4.69, 9.17) is 16.3 Å². The number of ether oxygens (including phenoxy) is 1. The third kappa shape index (κ3) is 3.52. The zero-order valence-electron chi connectivity index (χ0n) is 12.3. The molecule has 0 aliphatic heterocycles. The molecule has 2 rings (SSSR count). The fourth-order valence-corrected chi connectivity index (χ4v) is 2.43. The Morgan fingerprint density at radius 3 is 2.67 bits per heavy atom. The molecule has 21 heavy (non-hydrogen) atoms. The Kier molecular flexibility index (Phi) is 5.53. The van der Waals surface area contributed by atoms with Crippen LogP contribution in [-0.2, 0) is 4.74 Å². The van der Waals surface area contributed by atoms with Crippen molar-refractivity contribution in [2.24, 2.45) is 0 Å². The molecular formula is C16H19ClN2O2. The molecular weight excluding hydrogens is 288 g/mol. The first-order valence-electron chi connectivity index (χ1n) is 7.09. The molecule has 0 saturated carbocycles. The van der Waals surface area contributed by atoms with Gasteiger partial charge in [0.05, 0.1) is 12.2 Å². The predicted octanol–water partition coefficient (Wildman–Crippen LogP) is 3.39. The number of halogens is 1. The number of rotatable bonds is 6. The lowest BCUT2D eigenvalue weighted by Crippen LogP contribution is -2.34. The van der Waals surface area contributed by atoms with E-state index in [1.807, 2.05) is 38.1 Å². The van der Waals surface area contributed by atoms with Crippen LogP contribution >= 0.6 is 11.6 Å². The molecule has 2 aromatic rings. The molecule has 0 radical (unpaired) electrons. The molecule has 0 saturated heterocycles. The van der Waals surface area contributed by atoms with Crippen molar-refractivity contribution in [2.45, 2.75) is 13.8 Å². The third-order valence-corrected chi connectivity index (χ3v) is 3.66. The predicted molar refractivity (Wildman–Crippen MR) is 84.8 cm³/mol. The summed E-state index contributed by atoms with van der Waals surface area (Å²) in [6, 6.07) is 7.55. The SMILES string of the molecule is CCOCCN(CC)C(=O)c1cnc(Cl)c2ccccc12. The average molecular weight is 307 g/mol. The Morgan fingerprint density at radius 2 is 2.00 bits per heavy atom. The number of amides is 1. The standard InChI is InChI=1S/C16H19ClN2O2/c1-3-19(9-10-21-4-2)16(20)14-11-18-15(17)13-8-6-5-7-12(13)14/h5-8,11H,3-4,9-10H2,1-2H3. The molecule has 0 atom stereocenters. The maximum atomic E-state index is 12.7. The van der Waals surface area contributed by atoms with Gasteiger partial charge in [0.25, 0.3) is 5.91 Å². The van der Waals surface area contributed by atoms with Crippen LogP contribution in [-0.4, -0.2) is 42.1 Å². The van der Waals surface area contributed by atoms with Crippen molar-refractivity contribution in [3.05, 3.63) is 41.2 Å². The highest BCUT2D eigenvalue weighted by Crippen LogP contribution is 2.25. The minimum atomic E-state index is -0.0439. The minimum absolute atomic E-state index is 0.0439. The van der Waals surface area contributed by atoms with Crippen molar-refractivity contribution in [1.29, 1.82) is 0 Å². The minimum Gasteiger partial charge on any atom is -0.380 e. The van der Waals surface area contributed by atoms with Crippen molar-refractivity contribution in [3.8, 4) is 0 Å². The van der Waals surface area contributed by atoms with Gasteiger partial charge in [-0.25, -0.2) is 4.98 Å². The second-order valence-electron chi connectivity index (χ2n) is 4.59. The lowest BCUT2D eigenvalue weighted by molar-refractivity contribution is 0.0670. The lowest BCUT2D eigenvalue weighted by Gasteiger charge is -2.21. The highest BCUT2D eigenvalue weighted by molar-refractivity contribution is 6.34. The first kappa shape index (κ1) is 15.7. The van der Waals surface area contributed by atoms with Gasteiger partial charge >= 0.3 is 0 Å². The molecule has 0 N–H and O–H groups in total. The molecule has 1 amide bonds. The van der Waals surface area contributed by atoms with Crippen LogP contribution in [0.3, 0.4) is 0 Å². The highest BCUT2D eigenvalue weighted by atomic mass is 35.5. The number of likely N-dealkylation sites (N-methyl/N-ethyl adjacent to an activating group) is 1. The summed E-state index contributed by atoms with van der Waals surface area (Å²) in [5.41, 5.74) is 0.577. The zero-order chi connectivity index (χ0) is 15.2. The maximum absolute atomic E-state index is 12.7. The van der Waals surface area contributed by atoms with E-state index in [1.54, 1.807) is 11.1 Å². The normalized spacial score (nSPS) is 10.8. The molecule has 0 aliphatic rings. The van der Waals surface area contributed by atoms with Crippen LogP contribution in [0.2, 0.25) is 5.15 Å². The van der Waals surface area contributed by atoms with Gasteiger partial charge in [-0.1, -0.05) is 35.9 Å². The monoisotopic (exact) mass is 306 g/mol. The quantitative estimate of drug-likeness (QED) is 0.607. The molecule has 4 nitrogen and oxygen atoms in total. The highest BCUT2D eigenvalue weighted by Gasteiger charge is 2.18. The van der Waals surface area contributed by atoms with Crippen LogP contribution in [0, 0.1) is 0 Å². The van der Waals surface area contributed by atoms with Crippen molar-refractivity contribution in [1.82, 2.24) is 9.88 Å². The van der Waals surface area contributed by atoms with Gasteiger partial charge in [0.2, 0.25) is 0 Å². The molecule has 112 valence electrons. The number of carbonyl (C=O) groups excluding carboxylic acids is 1. The molecule has 1 aromatic carbocycles. The topological polar surface area (TPSA) is 42.4 Å². The number of carbonyl (C=O) groups is 1. The largest absolute Gasteiger partial charge is 0.380 e. The Morgan fingerprint density at radius 1 is 1.29 bits per heavy atom. The van der Waals surface area contributed by atoms with Crippen LogP contribution in [0.15, 0.2) is 30.5 Å². The molecule has 0 spiro atoms. The Hall–Kier alpha value is -1.65. The van der Waals surface area contributed by atoms with Gasteiger partial charge in [0.1, 0.15) is 5.15 Å². The lowest BCUT2D eigenvalue weighted by atomic mass is 10.1. The number of nitrogens with zero attached hydrogens (tertiary/aromatic N) is 2. The van der Waals surface area contributed by atoms with E-state index < -0.39 is 0 Å². The van der Waals surface area contributed by atoms with E-state index in [2.05, 4.69) is 4.98 Å². The first-order chi connectivity index (χ1) is 10.2. The molecule has 0 unspecified atom stereocenters. The summed E-state index contributed by atoms with van der Waals surface area (Å²) < 4.78 is 5.33. The number of hydrogen-bond donors (Lipinski definition) is 0. The molecule has 1 aromatic heterocycles. The summed E-state index contributed by atoms with van der Waals surface area (Å²) in [6.07, 6.45) is 1.55. The van der Waals surface area contributed by atoms with Crippen LogP contribution in [0.4, 0.5) is 0 Å². The second-order valence-corrected chi connectivity index (χ2v) is 4.95. The fourth-order valence-electron chi connectivity index (χ4n) is 2.22. The molecule has 0 bridgehead atoms. The second kappa shape index (κ2) is 7.38. The van der Waals surface area contributed by atoms with Crippen LogP contribution in [0.5, 0.6) is 0 Å². The molecule has 0 aliphatic carbocycles. The van der Waals surface area contributed by atoms with E-state index >= 15 is 0 Å². The smallest absolute Gasteiger partial charge is 0.256 e. The third-order valence-electron chi connectivity index (χ3n) is 3.36. The van der Waals surface area contributed by atoms with Gasteiger partial charge in [-0.3, -0.25) is 4.79 Å². The van der Waals surface area contributed by atoms with Gasteiger partial charge in [-0.05, 0) is 19.2 Å². The Bertz CT molecular complexity index is 631. The average Bonchev–Trinajstić information content (AvgIpc) is 2.52. The summed E-state index contributed by atoms with van der Waals surface area (Å²) in [6.45, 7) is 6.28. The summed E-state index contributed by atoms with van der Waals surface area (Å²) in [5.74, 6) is -0.0439. The summed E-state index contributed by atoms with van der Waals surface area (Å²) in [7, 11) is 0. The summed E-state index contributed by atoms with van der Waals surface area (Å²) in [5, 5.41) is 2.04. The van der Waals surface area contributed by atoms with Crippen molar-refractivity contribution >= 4 is 28.3 Å². The molecule has 1 heterocycles. The van der Waals surface area contributed by atoms with E-state index in [1.165, 1.54) is 0 Å². The Balaban J connectivity index is 2.32. The van der Waals surface area contributed by atoms with E-state index in [-0.39, 0.29) is 5.91 Å². The van der Waals surface area contributed by atoms with Crippen molar-refractivity contribution < 1.29 is 9.53 Å². The molecule has 0 fully saturated rings. The maximum Gasteiger partial charge on any atom is 0.256 e. The fraction of sp³-hybridized carbons (Fsp3) is 0.375. The van der Waals surface area contributed by atoms with E-state index in [0.717, 1.165) is 10.8 Å². The number of pyridine rings is 1. The Labute approximate surface area is 129 Å². The van der Waals surface area contributed by atoms with E-state index in [9.17, 15) is 4.79 Å². The summed E-state index contributed by atoms with van der Waals surface area (Å²) >= 11 is 6.09. The number of aromatic nitrogens is 1. The van der Waals surface area contributed by atoms with Crippen LogP contribution in [0.1, 0.15) is 24.2 Å². The van der Waals surface area contributed by atoms with E-state index in [0.29, 0.717) is 37.0 Å². The first-order valence-corrected chi connectivity index (χ1v) is 7.47.